The first-order valence-electron chi connectivity index (χ1n) is 20.6. The lowest BCUT2D eigenvalue weighted by Crippen LogP contribution is -2.59. The second kappa shape index (κ2) is 21.0. The van der Waals surface area contributed by atoms with Gasteiger partial charge in [-0.2, -0.15) is 0 Å². The molecule has 1 spiro atoms. The van der Waals surface area contributed by atoms with Gasteiger partial charge in [0.05, 0.1) is 48.2 Å². The van der Waals surface area contributed by atoms with Crippen LogP contribution in [-0.4, -0.2) is 144 Å². The second-order valence-electron chi connectivity index (χ2n) is 15.5. The van der Waals surface area contributed by atoms with E-state index in [0.29, 0.717) is 90.0 Å². The molecular weight excluding hydrogens is 765 g/mol. The number of phenolic OH excluding ortho intramolecular Hbond substituents is 1. The van der Waals surface area contributed by atoms with Gasteiger partial charge in [-0.15, -0.1) is 11.8 Å². The molecule has 0 radical (unpaired) electrons. The van der Waals surface area contributed by atoms with Crippen molar-refractivity contribution in [2.45, 2.75) is 70.9 Å². The van der Waals surface area contributed by atoms with Crippen molar-refractivity contribution < 1.29 is 28.9 Å². The zero-order valence-corrected chi connectivity index (χ0v) is 35.4. The van der Waals surface area contributed by atoms with E-state index in [1.807, 2.05) is 34.9 Å². The summed E-state index contributed by atoms with van der Waals surface area (Å²) in [6.45, 7) is 15.2. The number of thioether (sulfide) groups is 1. The maximum Gasteiger partial charge on any atom is 0.305 e. The highest BCUT2D eigenvalue weighted by Gasteiger charge is 2.42. The van der Waals surface area contributed by atoms with E-state index in [2.05, 4.69) is 41.2 Å². The minimum absolute atomic E-state index is 0.0752. The van der Waals surface area contributed by atoms with Crippen LogP contribution in [0.3, 0.4) is 0 Å². The van der Waals surface area contributed by atoms with Crippen LogP contribution in [-0.2, 0) is 31.9 Å². The van der Waals surface area contributed by atoms with E-state index in [4.69, 9.17) is 19.2 Å². The highest BCUT2D eigenvalue weighted by atomic mass is 32.2. The average molecular weight is 825 g/mol. The third-order valence-corrected chi connectivity index (χ3v) is 13.4. The fraction of sp³-hybridized carbons (Fsp3) is 0.619. The normalized spacial score (nSPS) is 18.4. The number of likely N-dealkylation sites (tertiary alicyclic amines) is 1. The Bertz CT molecular complexity index is 1870. The molecule has 1 unspecified atom stereocenters. The molecule has 1 aromatic heterocycles. The molecular formula is C42H60N6O7S2. The van der Waals surface area contributed by atoms with Crippen LogP contribution in [0.4, 0.5) is 0 Å². The Kier molecular flexibility index (Phi) is 15.9. The standard InChI is InChI=1S/C42H60N6O7S2/c1-4-47(21-17-43-16-11-32-9-10-35(49)37-38(32)57-41(52)45-37)36(50)13-25-53-24-12-31-7-5-8-33(27-31)54-23-6-18-46-19-14-42(15-20-46)29-48(22-26-55-42)40(51)34-28-56-39(44-34)30(2)3/h5,7-10,27,30,34,43,49H,4,6,11-26,28-29H2,1-3H3,(H,45,52). The highest BCUT2D eigenvalue weighted by Crippen LogP contribution is 2.32. The molecule has 3 aromatic rings. The second-order valence-corrected chi connectivity index (χ2v) is 17.5. The van der Waals surface area contributed by atoms with Crippen LogP contribution in [0.25, 0.3) is 10.2 Å². The molecule has 1 atom stereocenters. The predicted molar refractivity (Wildman–Crippen MR) is 228 cm³/mol. The molecule has 2 amide bonds. The third-order valence-electron chi connectivity index (χ3n) is 11.1. The molecule has 3 N–H and O–H groups in total. The lowest BCUT2D eigenvalue weighted by molar-refractivity contribution is -0.160. The Morgan fingerprint density at radius 3 is 2.75 bits per heavy atom. The zero-order chi connectivity index (χ0) is 40.2. The number of nitrogens with one attached hydrogen (secondary N) is 2. The maximum absolute atomic E-state index is 13.3. The summed E-state index contributed by atoms with van der Waals surface area (Å²) in [5, 5.41) is 14.5. The summed E-state index contributed by atoms with van der Waals surface area (Å²) < 4.78 is 19.1. The van der Waals surface area contributed by atoms with Crippen molar-refractivity contribution in [3.05, 3.63) is 57.2 Å². The Hall–Kier alpha value is -3.47. The Labute approximate surface area is 344 Å². The van der Waals surface area contributed by atoms with Crippen LogP contribution in [0.15, 0.2) is 46.2 Å². The molecule has 15 heteroatoms. The number of aromatic hydroxyl groups is 1. The number of hydrogen-bond donors (Lipinski definition) is 3. The first kappa shape index (κ1) is 43.1. The summed E-state index contributed by atoms with van der Waals surface area (Å²) in [6.07, 6.45) is 4.59. The molecule has 2 aromatic carbocycles. The number of carbonyl (C=O) groups excluding carboxylic acids is 2. The summed E-state index contributed by atoms with van der Waals surface area (Å²) in [5.41, 5.74) is 2.39. The van der Waals surface area contributed by atoms with E-state index in [1.165, 1.54) is 0 Å². The van der Waals surface area contributed by atoms with Gasteiger partial charge in [0, 0.05) is 64.0 Å². The van der Waals surface area contributed by atoms with Crippen LogP contribution in [0.2, 0.25) is 0 Å². The van der Waals surface area contributed by atoms with Gasteiger partial charge >= 0.3 is 4.87 Å². The number of amides is 2. The summed E-state index contributed by atoms with van der Waals surface area (Å²) in [5.74, 6) is 2.30. The number of aliphatic imine (C=N–C) groups is 1. The molecule has 3 aliphatic rings. The fourth-order valence-corrected chi connectivity index (χ4v) is 9.71. The van der Waals surface area contributed by atoms with E-state index in [9.17, 15) is 19.5 Å². The van der Waals surface area contributed by atoms with E-state index in [1.54, 1.807) is 17.8 Å². The number of thiazole rings is 1. The van der Waals surface area contributed by atoms with Crippen molar-refractivity contribution in [1.29, 1.82) is 0 Å². The molecule has 4 heterocycles. The van der Waals surface area contributed by atoms with E-state index >= 15 is 0 Å². The zero-order valence-electron chi connectivity index (χ0n) is 33.8. The van der Waals surface area contributed by atoms with E-state index in [0.717, 1.165) is 89.0 Å². The molecule has 0 aliphatic carbocycles. The molecule has 57 heavy (non-hydrogen) atoms. The summed E-state index contributed by atoms with van der Waals surface area (Å²) in [4.78, 5) is 51.5. The Morgan fingerprint density at radius 2 is 1.96 bits per heavy atom. The number of ether oxygens (including phenoxy) is 3. The number of hydrogen-bond acceptors (Lipinski definition) is 12. The van der Waals surface area contributed by atoms with Gasteiger partial charge in [-0.25, -0.2) is 0 Å². The summed E-state index contributed by atoms with van der Waals surface area (Å²) in [6, 6.07) is 11.4. The number of H-pyrrole nitrogens is 1. The van der Waals surface area contributed by atoms with Crippen LogP contribution in [0.1, 0.15) is 57.6 Å². The van der Waals surface area contributed by atoms with E-state index in [-0.39, 0.29) is 34.1 Å². The smallest absolute Gasteiger partial charge is 0.305 e. The molecule has 0 saturated carbocycles. The van der Waals surface area contributed by atoms with Crippen molar-refractivity contribution in [3.63, 3.8) is 0 Å². The number of morpholine rings is 1. The Morgan fingerprint density at radius 1 is 1.12 bits per heavy atom. The summed E-state index contributed by atoms with van der Waals surface area (Å²) in [7, 11) is 0. The number of piperidine rings is 1. The monoisotopic (exact) mass is 824 g/mol. The number of aromatic nitrogens is 1. The van der Waals surface area contributed by atoms with Gasteiger partial charge in [-0.1, -0.05) is 43.4 Å². The molecule has 0 bridgehead atoms. The molecule has 3 aliphatic heterocycles. The first-order valence-corrected chi connectivity index (χ1v) is 22.4. The number of fused-ring (bicyclic) bond motifs is 1. The van der Waals surface area contributed by atoms with E-state index < -0.39 is 0 Å². The minimum atomic E-state index is -0.247. The van der Waals surface area contributed by atoms with Crippen LogP contribution < -0.4 is 14.9 Å². The van der Waals surface area contributed by atoms with Crippen LogP contribution in [0, 0.1) is 5.92 Å². The molecule has 2 saturated heterocycles. The minimum Gasteiger partial charge on any atom is -0.506 e. The van der Waals surface area contributed by atoms with Gasteiger partial charge in [-0.05, 0) is 74.9 Å². The van der Waals surface area contributed by atoms with Gasteiger partial charge in [0.2, 0.25) is 11.8 Å². The lowest BCUT2D eigenvalue weighted by atomic mass is 9.89. The van der Waals surface area contributed by atoms with Gasteiger partial charge in [0.25, 0.3) is 0 Å². The largest absolute Gasteiger partial charge is 0.506 e. The quantitative estimate of drug-likeness (QED) is 0.139. The van der Waals surface area contributed by atoms with Gasteiger partial charge in [0.15, 0.2) is 0 Å². The predicted octanol–water partition coefficient (Wildman–Crippen LogP) is 4.56. The molecule has 2 fully saturated rings. The SMILES string of the molecule is CCN(CCNCCc1ccc(O)c2[nH]c(=O)sc12)C(=O)CCOCCc1cccc(OCCCN2CCC3(CC2)CN(C(=O)C2CSC(C(C)C)=N2)CCO3)c1. The number of aromatic amines is 1. The van der Waals surface area contributed by atoms with Crippen molar-refractivity contribution in [2.24, 2.45) is 10.9 Å². The van der Waals surface area contributed by atoms with Crippen molar-refractivity contribution in [3.8, 4) is 11.5 Å². The molecule has 6 rings (SSSR count). The van der Waals surface area contributed by atoms with Gasteiger partial charge in [-0.3, -0.25) is 19.4 Å². The molecule has 13 nitrogen and oxygen atoms in total. The van der Waals surface area contributed by atoms with Crippen LogP contribution in [0.5, 0.6) is 11.5 Å². The molecule has 312 valence electrons. The van der Waals surface area contributed by atoms with Crippen molar-refractivity contribution in [1.82, 2.24) is 25.0 Å². The fourth-order valence-electron chi connectivity index (χ4n) is 7.73. The van der Waals surface area contributed by atoms with Crippen molar-refractivity contribution >= 4 is 50.2 Å². The van der Waals surface area contributed by atoms with Crippen molar-refractivity contribution in [2.75, 3.05) is 91.1 Å². The number of carbonyl (C=O) groups is 2. The number of phenols is 1. The average Bonchev–Trinajstić information content (AvgIpc) is 3.87. The Balaban J connectivity index is 0.807. The highest BCUT2D eigenvalue weighted by molar-refractivity contribution is 8.14. The number of nitrogens with zero attached hydrogens (tertiary/aromatic N) is 4. The number of rotatable bonds is 20. The van der Waals surface area contributed by atoms with Crippen LogP contribution >= 0.6 is 23.1 Å². The number of benzene rings is 2. The topological polar surface area (TPSA) is 149 Å². The lowest BCUT2D eigenvalue weighted by Gasteiger charge is -2.47. The summed E-state index contributed by atoms with van der Waals surface area (Å²) >= 11 is 2.83. The van der Waals surface area contributed by atoms with Gasteiger partial charge in [0.1, 0.15) is 23.1 Å². The third kappa shape index (κ3) is 12.0. The maximum atomic E-state index is 13.3. The first-order chi connectivity index (χ1) is 27.6. The number of likely N-dealkylation sites (N-methyl/N-ethyl adjacent to an activating group) is 1. The van der Waals surface area contributed by atoms with Gasteiger partial charge < -0.3 is 44.3 Å².